The molecule has 0 rings (SSSR count). The lowest BCUT2D eigenvalue weighted by atomic mass is 10.1. The van der Waals surface area contributed by atoms with Crippen LogP contribution < -0.4 is 11.5 Å². The SMILES string of the molecule is CCCCCCCCCCCCN=C(N)N(CCCCCCCCCCCC)CCCCC(N)=O. The first kappa shape index (κ1) is 33.7. The van der Waals surface area contributed by atoms with E-state index in [2.05, 4.69) is 18.7 Å². The number of rotatable bonds is 27. The Kier molecular flexibility index (Phi) is 26.3. The Labute approximate surface area is 219 Å². The van der Waals surface area contributed by atoms with Crippen LogP contribution in [0.1, 0.15) is 162 Å². The van der Waals surface area contributed by atoms with Gasteiger partial charge in [-0.15, -0.1) is 0 Å². The molecule has 1 amide bonds. The summed E-state index contributed by atoms with van der Waals surface area (Å²) in [6.07, 6.45) is 29.0. The summed E-state index contributed by atoms with van der Waals surface area (Å²) < 4.78 is 0. The lowest BCUT2D eigenvalue weighted by molar-refractivity contribution is -0.118. The monoisotopic (exact) mass is 494 g/mol. The molecule has 5 heteroatoms. The number of carbonyl (C=O) groups is 1. The van der Waals surface area contributed by atoms with Gasteiger partial charge >= 0.3 is 0 Å². The van der Waals surface area contributed by atoms with Crippen LogP contribution in [0.5, 0.6) is 0 Å². The number of primary amides is 1. The first-order valence-corrected chi connectivity index (χ1v) is 15.4. The fourth-order valence-corrected chi connectivity index (χ4v) is 4.63. The summed E-state index contributed by atoms with van der Waals surface area (Å²) in [4.78, 5) is 18.0. The van der Waals surface area contributed by atoms with Crippen molar-refractivity contribution in [2.75, 3.05) is 19.6 Å². The van der Waals surface area contributed by atoms with Gasteiger partial charge in [0.2, 0.25) is 5.91 Å². The van der Waals surface area contributed by atoms with E-state index in [1.54, 1.807) is 0 Å². The van der Waals surface area contributed by atoms with E-state index in [9.17, 15) is 4.79 Å². The highest BCUT2D eigenvalue weighted by Gasteiger charge is 2.08. The van der Waals surface area contributed by atoms with Gasteiger partial charge in [0, 0.05) is 26.1 Å². The standard InChI is InChI=1S/C30H62N4O/c1-3-5-7-9-11-13-15-17-19-22-26-33-30(32)34(28-24-21-25-29(31)35)27-23-20-18-16-14-12-10-8-6-4-2/h3-28H2,1-2H3,(H2,31,35)(H2,32,33). The van der Waals surface area contributed by atoms with Gasteiger partial charge in [-0.1, -0.05) is 129 Å². The van der Waals surface area contributed by atoms with Crippen molar-refractivity contribution < 1.29 is 4.79 Å². The second-order valence-electron chi connectivity index (χ2n) is 10.5. The molecule has 0 atom stereocenters. The Morgan fingerprint density at radius 2 is 0.914 bits per heavy atom. The molecule has 0 aliphatic carbocycles. The topological polar surface area (TPSA) is 84.7 Å². The van der Waals surface area contributed by atoms with Crippen LogP contribution in [0, 0.1) is 0 Å². The molecule has 35 heavy (non-hydrogen) atoms. The zero-order valence-corrected chi connectivity index (χ0v) is 23.8. The van der Waals surface area contributed by atoms with E-state index < -0.39 is 0 Å². The van der Waals surface area contributed by atoms with Crippen molar-refractivity contribution in [2.24, 2.45) is 16.5 Å². The number of guanidine groups is 1. The van der Waals surface area contributed by atoms with Crippen molar-refractivity contribution in [3.8, 4) is 0 Å². The van der Waals surface area contributed by atoms with Crippen molar-refractivity contribution in [1.29, 1.82) is 0 Å². The van der Waals surface area contributed by atoms with Crippen LogP contribution in [-0.2, 0) is 4.79 Å². The molecule has 0 fully saturated rings. The van der Waals surface area contributed by atoms with E-state index in [1.165, 1.54) is 122 Å². The molecule has 0 unspecified atom stereocenters. The molecule has 5 nitrogen and oxygen atoms in total. The molecule has 0 aromatic carbocycles. The molecule has 0 bridgehead atoms. The largest absolute Gasteiger partial charge is 0.370 e. The summed E-state index contributed by atoms with van der Waals surface area (Å²) in [5.74, 6) is 0.477. The van der Waals surface area contributed by atoms with Gasteiger partial charge in [0.05, 0.1) is 0 Å². The highest BCUT2D eigenvalue weighted by Crippen LogP contribution is 2.12. The minimum absolute atomic E-state index is 0.214. The zero-order valence-electron chi connectivity index (χ0n) is 23.8. The number of nitrogens with two attached hydrogens (primary N) is 2. The summed E-state index contributed by atoms with van der Waals surface area (Å²) in [7, 11) is 0. The van der Waals surface area contributed by atoms with E-state index in [4.69, 9.17) is 16.5 Å². The van der Waals surface area contributed by atoms with Crippen LogP contribution in [0.25, 0.3) is 0 Å². The van der Waals surface area contributed by atoms with E-state index >= 15 is 0 Å². The molecule has 0 aliphatic rings. The number of aliphatic imine (C=N–C) groups is 1. The van der Waals surface area contributed by atoms with E-state index in [0.29, 0.717) is 12.4 Å². The predicted molar refractivity (Wildman–Crippen MR) is 155 cm³/mol. The third-order valence-corrected chi connectivity index (χ3v) is 6.99. The highest BCUT2D eigenvalue weighted by molar-refractivity contribution is 5.78. The molecule has 0 aliphatic heterocycles. The summed E-state index contributed by atoms with van der Waals surface area (Å²) >= 11 is 0. The molecular formula is C30H62N4O. The average Bonchev–Trinajstić information content (AvgIpc) is 2.84. The predicted octanol–water partition coefficient (Wildman–Crippen LogP) is 8.10. The quantitative estimate of drug-likeness (QED) is 0.0687. The first-order chi connectivity index (χ1) is 17.1. The summed E-state index contributed by atoms with van der Waals surface area (Å²) in [6, 6.07) is 0. The van der Waals surface area contributed by atoms with Crippen molar-refractivity contribution in [3.05, 3.63) is 0 Å². The number of unbranched alkanes of at least 4 members (excludes halogenated alkanes) is 19. The number of hydrogen-bond donors (Lipinski definition) is 2. The third-order valence-electron chi connectivity index (χ3n) is 6.99. The molecule has 0 heterocycles. The van der Waals surface area contributed by atoms with Crippen LogP contribution in [-0.4, -0.2) is 36.4 Å². The molecule has 0 saturated carbocycles. The van der Waals surface area contributed by atoms with E-state index in [-0.39, 0.29) is 5.91 Å². The minimum atomic E-state index is -0.214. The van der Waals surface area contributed by atoms with Crippen LogP contribution in [0.3, 0.4) is 0 Å². The van der Waals surface area contributed by atoms with Gasteiger partial charge in [0.15, 0.2) is 5.96 Å². The highest BCUT2D eigenvalue weighted by atomic mass is 16.1. The van der Waals surface area contributed by atoms with Crippen LogP contribution in [0.15, 0.2) is 4.99 Å². The van der Waals surface area contributed by atoms with Crippen LogP contribution in [0.4, 0.5) is 0 Å². The number of hydrogen-bond acceptors (Lipinski definition) is 2. The zero-order chi connectivity index (χ0) is 25.8. The number of amides is 1. The maximum atomic E-state index is 11.0. The maximum absolute atomic E-state index is 11.0. The van der Waals surface area contributed by atoms with Gasteiger partial charge in [-0.05, 0) is 25.7 Å². The second kappa shape index (κ2) is 27.3. The Morgan fingerprint density at radius 3 is 1.34 bits per heavy atom. The Morgan fingerprint density at radius 1 is 0.543 bits per heavy atom. The van der Waals surface area contributed by atoms with E-state index in [0.717, 1.165) is 38.9 Å². The normalized spacial score (nSPS) is 11.8. The van der Waals surface area contributed by atoms with Gasteiger partial charge in [-0.2, -0.15) is 0 Å². The Hall–Kier alpha value is -1.26. The van der Waals surface area contributed by atoms with Gasteiger partial charge in [-0.3, -0.25) is 9.79 Å². The van der Waals surface area contributed by atoms with Crippen LogP contribution in [0.2, 0.25) is 0 Å². The molecule has 0 spiro atoms. The summed E-state index contributed by atoms with van der Waals surface area (Å²) in [5, 5.41) is 0. The molecule has 0 aromatic rings. The van der Waals surface area contributed by atoms with E-state index in [1.807, 2.05) is 0 Å². The van der Waals surface area contributed by atoms with Crippen LogP contribution >= 0.6 is 0 Å². The molecule has 0 aromatic heterocycles. The Bertz CT molecular complexity index is 481. The number of carbonyl (C=O) groups excluding carboxylic acids is 1. The minimum Gasteiger partial charge on any atom is -0.370 e. The molecule has 0 radical (unpaired) electrons. The third kappa shape index (κ3) is 25.6. The van der Waals surface area contributed by atoms with Crippen molar-refractivity contribution in [1.82, 2.24) is 4.90 Å². The van der Waals surface area contributed by atoms with Gasteiger partial charge in [-0.25, -0.2) is 0 Å². The fraction of sp³-hybridized carbons (Fsp3) is 0.933. The second-order valence-corrected chi connectivity index (χ2v) is 10.5. The van der Waals surface area contributed by atoms with Crippen molar-refractivity contribution >= 4 is 11.9 Å². The van der Waals surface area contributed by atoms with Crippen molar-refractivity contribution in [2.45, 2.75) is 162 Å². The first-order valence-electron chi connectivity index (χ1n) is 15.4. The average molecular weight is 495 g/mol. The van der Waals surface area contributed by atoms with Crippen molar-refractivity contribution in [3.63, 3.8) is 0 Å². The molecule has 0 saturated heterocycles. The Balaban J connectivity index is 4.05. The molecule has 208 valence electrons. The lowest BCUT2D eigenvalue weighted by Gasteiger charge is -2.24. The smallest absolute Gasteiger partial charge is 0.217 e. The summed E-state index contributed by atoms with van der Waals surface area (Å²) in [5.41, 5.74) is 11.7. The van der Waals surface area contributed by atoms with Gasteiger partial charge in [0.25, 0.3) is 0 Å². The lowest BCUT2D eigenvalue weighted by Crippen LogP contribution is -2.39. The molecular weight excluding hydrogens is 432 g/mol. The fourth-order valence-electron chi connectivity index (χ4n) is 4.63. The van der Waals surface area contributed by atoms with Gasteiger partial charge in [0.1, 0.15) is 0 Å². The number of nitrogens with zero attached hydrogens (tertiary/aromatic N) is 2. The van der Waals surface area contributed by atoms with Gasteiger partial charge < -0.3 is 16.4 Å². The maximum Gasteiger partial charge on any atom is 0.217 e. The molecule has 4 N–H and O–H groups in total. The summed E-state index contributed by atoms with van der Waals surface area (Å²) in [6.45, 7) is 7.23.